The molecule has 2 rings (SSSR count). The predicted molar refractivity (Wildman–Crippen MR) is 65.6 cm³/mol. The van der Waals surface area contributed by atoms with Crippen LogP contribution in [0, 0.1) is 0 Å². The van der Waals surface area contributed by atoms with Crippen LogP contribution in [0.1, 0.15) is 24.4 Å². The number of amides is 2. The van der Waals surface area contributed by atoms with E-state index in [9.17, 15) is 4.79 Å². The number of urea groups is 1. The molecule has 1 saturated heterocycles. The zero-order valence-corrected chi connectivity index (χ0v) is 9.80. The number of rotatable bonds is 4. The van der Waals surface area contributed by atoms with Crippen molar-refractivity contribution in [3.05, 3.63) is 35.9 Å². The number of hydrogen-bond donors (Lipinski definition) is 2. The number of nitrogens with one attached hydrogen (secondary N) is 1. The Labute approximate surface area is 101 Å². The van der Waals surface area contributed by atoms with Crippen molar-refractivity contribution >= 4 is 6.03 Å². The van der Waals surface area contributed by atoms with Gasteiger partial charge in [-0.3, -0.25) is 0 Å². The molecule has 17 heavy (non-hydrogen) atoms. The Morgan fingerprint density at radius 2 is 2.12 bits per heavy atom. The molecule has 0 radical (unpaired) electrons. The number of hydrogen-bond acceptors (Lipinski definition) is 2. The molecule has 1 aliphatic heterocycles. The van der Waals surface area contributed by atoms with E-state index in [1.165, 1.54) is 0 Å². The smallest absolute Gasteiger partial charge is 0.317 e. The summed E-state index contributed by atoms with van der Waals surface area (Å²) >= 11 is 0. The lowest BCUT2D eigenvalue weighted by Gasteiger charge is -2.33. The molecule has 1 heterocycles. The number of benzene rings is 1. The van der Waals surface area contributed by atoms with Gasteiger partial charge in [0.15, 0.2) is 0 Å². The van der Waals surface area contributed by atoms with Crippen molar-refractivity contribution < 1.29 is 9.90 Å². The molecular formula is C13H18N2O2. The summed E-state index contributed by atoms with van der Waals surface area (Å²) in [6.45, 7) is 1.52. The Hall–Kier alpha value is -1.55. The third-order valence-corrected chi connectivity index (χ3v) is 3.06. The first-order valence-corrected chi connectivity index (χ1v) is 6.02. The van der Waals surface area contributed by atoms with Gasteiger partial charge in [-0.2, -0.15) is 0 Å². The molecule has 1 atom stereocenters. The van der Waals surface area contributed by atoms with E-state index in [2.05, 4.69) is 5.32 Å². The maximum Gasteiger partial charge on any atom is 0.317 e. The number of carbonyl (C=O) groups excluding carboxylic acids is 1. The lowest BCUT2D eigenvalue weighted by Crippen LogP contribution is -2.48. The van der Waals surface area contributed by atoms with Crippen molar-refractivity contribution in [2.45, 2.75) is 18.9 Å². The number of aliphatic hydroxyl groups excluding tert-OH is 1. The van der Waals surface area contributed by atoms with Crippen LogP contribution in [0.4, 0.5) is 4.79 Å². The molecule has 4 heteroatoms. The average molecular weight is 234 g/mol. The monoisotopic (exact) mass is 234 g/mol. The van der Waals surface area contributed by atoms with E-state index in [-0.39, 0.29) is 18.7 Å². The average Bonchev–Trinajstić information content (AvgIpc) is 2.38. The summed E-state index contributed by atoms with van der Waals surface area (Å²) in [5, 5.41) is 11.8. The number of carbonyl (C=O) groups is 1. The summed E-state index contributed by atoms with van der Waals surface area (Å²) in [6.07, 6.45) is 1.56. The van der Waals surface area contributed by atoms with Crippen LogP contribution in [-0.4, -0.2) is 35.7 Å². The van der Waals surface area contributed by atoms with E-state index in [0.717, 1.165) is 18.5 Å². The van der Waals surface area contributed by atoms with E-state index >= 15 is 0 Å². The molecule has 1 aromatic rings. The first kappa shape index (κ1) is 11.9. The van der Waals surface area contributed by atoms with Crippen molar-refractivity contribution in [3.8, 4) is 0 Å². The van der Waals surface area contributed by atoms with Crippen LogP contribution in [0.2, 0.25) is 0 Å². The summed E-state index contributed by atoms with van der Waals surface area (Å²) in [5.74, 6) is 0. The summed E-state index contributed by atoms with van der Waals surface area (Å²) in [4.78, 5) is 13.6. The van der Waals surface area contributed by atoms with Crippen LogP contribution in [0.3, 0.4) is 0 Å². The molecule has 0 aliphatic carbocycles. The molecule has 2 amide bonds. The van der Waals surface area contributed by atoms with Gasteiger partial charge in [0.1, 0.15) is 0 Å². The summed E-state index contributed by atoms with van der Waals surface area (Å²) in [5.41, 5.74) is 1.16. The van der Waals surface area contributed by atoms with Crippen molar-refractivity contribution in [1.82, 2.24) is 10.2 Å². The van der Waals surface area contributed by atoms with Gasteiger partial charge in [0, 0.05) is 19.7 Å². The highest BCUT2D eigenvalue weighted by atomic mass is 16.3. The van der Waals surface area contributed by atoms with Gasteiger partial charge in [-0.05, 0) is 18.4 Å². The highest BCUT2D eigenvalue weighted by Gasteiger charge is 2.24. The van der Waals surface area contributed by atoms with E-state index in [1.807, 2.05) is 30.3 Å². The molecule has 0 aromatic heterocycles. The van der Waals surface area contributed by atoms with Crippen LogP contribution in [-0.2, 0) is 0 Å². The van der Waals surface area contributed by atoms with E-state index < -0.39 is 0 Å². The van der Waals surface area contributed by atoms with Crippen molar-refractivity contribution in [2.75, 3.05) is 19.7 Å². The summed E-state index contributed by atoms with van der Waals surface area (Å²) < 4.78 is 0. The van der Waals surface area contributed by atoms with Gasteiger partial charge in [0.2, 0.25) is 0 Å². The molecule has 1 fully saturated rings. The molecule has 1 aromatic carbocycles. The topological polar surface area (TPSA) is 52.6 Å². The van der Waals surface area contributed by atoms with Gasteiger partial charge < -0.3 is 15.3 Å². The fourth-order valence-corrected chi connectivity index (χ4v) is 2.11. The SMILES string of the molecule is O=C1NC(c2ccccc2)CCN1CCCO. The Morgan fingerprint density at radius 3 is 2.76 bits per heavy atom. The van der Waals surface area contributed by atoms with Crippen LogP contribution in [0.15, 0.2) is 30.3 Å². The van der Waals surface area contributed by atoms with Crippen LogP contribution < -0.4 is 5.32 Å². The fraction of sp³-hybridized carbons (Fsp3) is 0.462. The molecule has 4 nitrogen and oxygen atoms in total. The molecule has 0 saturated carbocycles. The van der Waals surface area contributed by atoms with Crippen LogP contribution in [0.25, 0.3) is 0 Å². The minimum Gasteiger partial charge on any atom is -0.396 e. The molecule has 92 valence electrons. The third-order valence-electron chi connectivity index (χ3n) is 3.06. The van der Waals surface area contributed by atoms with Crippen LogP contribution in [0.5, 0.6) is 0 Å². The van der Waals surface area contributed by atoms with Crippen molar-refractivity contribution in [3.63, 3.8) is 0 Å². The molecule has 1 unspecified atom stereocenters. The highest BCUT2D eigenvalue weighted by molar-refractivity contribution is 5.75. The van der Waals surface area contributed by atoms with E-state index in [0.29, 0.717) is 13.0 Å². The Balaban J connectivity index is 1.93. The lowest BCUT2D eigenvalue weighted by atomic mass is 10.0. The van der Waals surface area contributed by atoms with Gasteiger partial charge >= 0.3 is 6.03 Å². The van der Waals surface area contributed by atoms with Crippen molar-refractivity contribution in [2.24, 2.45) is 0 Å². The minimum atomic E-state index is -0.0291. The maximum absolute atomic E-state index is 11.8. The second-order valence-corrected chi connectivity index (χ2v) is 4.27. The fourth-order valence-electron chi connectivity index (χ4n) is 2.11. The second kappa shape index (κ2) is 5.68. The van der Waals surface area contributed by atoms with Gasteiger partial charge in [-0.15, -0.1) is 0 Å². The van der Waals surface area contributed by atoms with Crippen LogP contribution >= 0.6 is 0 Å². The Bertz CT molecular complexity index is 367. The molecule has 0 bridgehead atoms. The molecule has 0 spiro atoms. The zero-order chi connectivity index (χ0) is 12.1. The molecular weight excluding hydrogens is 216 g/mol. The van der Waals surface area contributed by atoms with Crippen molar-refractivity contribution in [1.29, 1.82) is 0 Å². The van der Waals surface area contributed by atoms with E-state index in [4.69, 9.17) is 5.11 Å². The highest BCUT2D eigenvalue weighted by Crippen LogP contribution is 2.20. The van der Waals surface area contributed by atoms with E-state index in [1.54, 1.807) is 4.90 Å². The lowest BCUT2D eigenvalue weighted by molar-refractivity contribution is 0.167. The standard InChI is InChI=1S/C13H18N2O2/c16-10-4-8-15-9-7-12(14-13(15)17)11-5-2-1-3-6-11/h1-3,5-6,12,16H,4,7-10H2,(H,14,17). The van der Waals surface area contributed by atoms with Gasteiger partial charge in [0.05, 0.1) is 6.04 Å². The first-order chi connectivity index (χ1) is 8.31. The largest absolute Gasteiger partial charge is 0.396 e. The van der Waals surface area contributed by atoms with Gasteiger partial charge in [0.25, 0.3) is 0 Å². The number of aliphatic hydroxyl groups is 1. The third kappa shape index (κ3) is 2.97. The van der Waals surface area contributed by atoms with Gasteiger partial charge in [-0.25, -0.2) is 4.79 Å². The van der Waals surface area contributed by atoms with Gasteiger partial charge in [-0.1, -0.05) is 30.3 Å². The Morgan fingerprint density at radius 1 is 1.35 bits per heavy atom. The first-order valence-electron chi connectivity index (χ1n) is 6.02. The Kier molecular flexibility index (Phi) is 3.98. The summed E-state index contributed by atoms with van der Waals surface area (Å²) in [6, 6.07) is 10.1. The predicted octanol–water partition coefficient (Wildman–Crippen LogP) is 1.53. The normalized spacial score (nSPS) is 20.2. The maximum atomic E-state index is 11.8. The molecule has 2 N–H and O–H groups in total. The molecule has 1 aliphatic rings. The zero-order valence-electron chi connectivity index (χ0n) is 9.80. The minimum absolute atomic E-state index is 0.0291. The summed E-state index contributed by atoms with van der Waals surface area (Å²) in [7, 11) is 0. The number of nitrogens with zero attached hydrogens (tertiary/aromatic N) is 1. The quantitative estimate of drug-likeness (QED) is 0.830. The second-order valence-electron chi connectivity index (χ2n) is 4.27.